The molecule has 0 saturated carbocycles. The summed E-state index contributed by atoms with van der Waals surface area (Å²) in [6, 6.07) is 0. The molecule has 2 rings (SSSR count). The summed E-state index contributed by atoms with van der Waals surface area (Å²) in [6.45, 7) is 6.76. The predicted octanol–water partition coefficient (Wildman–Crippen LogP) is 2.00. The van der Waals surface area contributed by atoms with Gasteiger partial charge in [-0.1, -0.05) is 13.8 Å². The Morgan fingerprint density at radius 1 is 1.47 bits per heavy atom. The van der Waals surface area contributed by atoms with E-state index in [9.17, 15) is 0 Å². The number of nitrogens with one attached hydrogen (secondary N) is 1. The average molecular weight is 237 g/mol. The standard InChI is InChI=1S/C13H23N3O/c1-9(2)11(7-14)13-15-8-12(16-13)10-3-5-17-6-4-10/h8-11H,3-7,14H2,1-2H3,(H,15,16). The third kappa shape index (κ3) is 2.87. The molecule has 0 bridgehead atoms. The van der Waals surface area contributed by atoms with Gasteiger partial charge in [-0.2, -0.15) is 0 Å². The number of hydrogen-bond acceptors (Lipinski definition) is 3. The van der Waals surface area contributed by atoms with Crippen molar-refractivity contribution in [1.82, 2.24) is 9.97 Å². The Bertz CT molecular complexity index is 342. The van der Waals surface area contributed by atoms with Gasteiger partial charge >= 0.3 is 0 Å². The van der Waals surface area contributed by atoms with Crippen LogP contribution in [0.5, 0.6) is 0 Å². The van der Waals surface area contributed by atoms with Crippen molar-refractivity contribution in [3.8, 4) is 0 Å². The molecule has 1 saturated heterocycles. The van der Waals surface area contributed by atoms with Crippen LogP contribution in [0, 0.1) is 5.92 Å². The summed E-state index contributed by atoms with van der Waals surface area (Å²) in [6.07, 6.45) is 4.17. The number of ether oxygens (including phenoxy) is 1. The monoisotopic (exact) mass is 237 g/mol. The second-order valence-corrected chi connectivity index (χ2v) is 5.20. The summed E-state index contributed by atoms with van der Waals surface area (Å²) in [5.41, 5.74) is 7.07. The highest BCUT2D eigenvalue weighted by Crippen LogP contribution is 2.28. The molecular weight excluding hydrogens is 214 g/mol. The largest absolute Gasteiger partial charge is 0.381 e. The molecule has 1 aliphatic rings. The zero-order chi connectivity index (χ0) is 12.3. The minimum atomic E-state index is 0.337. The van der Waals surface area contributed by atoms with E-state index in [1.54, 1.807) is 0 Å². The van der Waals surface area contributed by atoms with Gasteiger partial charge in [-0.3, -0.25) is 0 Å². The molecule has 0 spiro atoms. The fraction of sp³-hybridized carbons (Fsp3) is 0.769. The lowest BCUT2D eigenvalue weighted by molar-refractivity contribution is 0.0845. The lowest BCUT2D eigenvalue weighted by Gasteiger charge is -2.21. The Kier molecular flexibility index (Phi) is 4.18. The van der Waals surface area contributed by atoms with Crippen molar-refractivity contribution < 1.29 is 4.74 Å². The molecule has 1 unspecified atom stereocenters. The van der Waals surface area contributed by atoms with E-state index >= 15 is 0 Å². The van der Waals surface area contributed by atoms with Crippen LogP contribution in [0.15, 0.2) is 6.20 Å². The molecular formula is C13H23N3O. The fourth-order valence-corrected chi connectivity index (χ4v) is 2.46. The van der Waals surface area contributed by atoms with Crippen LogP contribution in [0.1, 0.15) is 50.0 Å². The van der Waals surface area contributed by atoms with Crippen molar-refractivity contribution in [2.24, 2.45) is 11.7 Å². The summed E-state index contributed by atoms with van der Waals surface area (Å²) in [5.74, 6) is 2.48. The van der Waals surface area contributed by atoms with Crippen molar-refractivity contribution in [3.05, 3.63) is 17.7 Å². The topological polar surface area (TPSA) is 63.9 Å². The molecule has 1 fully saturated rings. The summed E-state index contributed by atoms with van der Waals surface area (Å²) in [5, 5.41) is 0. The number of H-pyrrole nitrogens is 1. The van der Waals surface area contributed by atoms with Gasteiger partial charge in [0.05, 0.1) is 0 Å². The molecule has 1 aromatic heterocycles. The van der Waals surface area contributed by atoms with E-state index in [4.69, 9.17) is 10.5 Å². The first kappa shape index (κ1) is 12.6. The molecule has 4 nitrogen and oxygen atoms in total. The summed E-state index contributed by atoms with van der Waals surface area (Å²) in [7, 11) is 0. The molecule has 3 N–H and O–H groups in total. The Morgan fingerprint density at radius 2 is 2.18 bits per heavy atom. The van der Waals surface area contributed by atoms with E-state index in [1.165, 1.54) is 5.69 Å². The van der Waals surface area contributed by atoms with Crippen LogP contribution in [0.2, 0.25) is 0 Å². The lowest BCUT2D eigenvalue weighted by atomic mass is 9.95. The van der Waals surface area contributed by atoms with Crippen LogP contribution in [0.3, 0.4) is 0 Å². The molecule has 1 atom stereocenters. The first-order valence-electron chi connectivity index (χ1n) is 6.55. The highest BCUT2D eigenvalue weighted by atomic mass is 16.5. The average Bonchev–Trinajstić information content (AvgIpc) is 2.80. The summed E-state index contributed by atoms with van der Waals surface area (Å²) < 4.78 is 5.38. The first-order chi connectivity index (χ1) is 8.22. The molecule has 4 heteroatoms. The van der Waals surface area contributed by atoms with Gasteiger partial charge < -0.3 is 15.5 Å². The van der Waals surface area contributed by atoms with Gasteiger partial charge in [0, 0.05) is 43.5 Å². The minimum absolute atomic E-state index is 0.337. The van der Waals surface area contributed by atoms with Gasteiger partial charge in [0.15, 0.2) is 0 Å². The van der Waals surface area contributed by atoms with Crippen LogP contribution in [-0.4, -0.2) is 29.7 Å². The normalized spacial score (nSPS) is 19.8. The highest BCUT2D eigenvalue weighted by molar-refractivity contribution is 5.11. The van der Waals surface area contributed by atoms with E-state index in [0.29, 0.717) is 24.3 Å². The van der Waals surface area contributed by atoms with Gasteiger partial charge in [-0.15, -0.1) is 0 Å². The maximum Gasteiger partial charge on any atom is 0.110 e. The van der Waals surface area contributed by atoms with E-state index in [2.05, 4.69) is 23.8 Å². The van der Waals surface area contributed by atoms with Crippen LogP contribution in [0.4, 0.5) is 0 Å². The maximum atomic E-state index is 5.81. The zero-order valence-electron chi connectivity index (χ0n) is 10.8. The van der Waals surface area contributed by atoms with Crippen molar-refractivity contribution >= 4 is 0 Å². The van der Waals surface area contributed by atoms with E-state index < -0.39 is 0 Å². The number of aromatic amines is 1. The number of nitrogens with zero attached hydrogens (tertiary/aromatic N) is 1. The fourth-order valence-electron chi connectivity index (χ4n) is 2.46. The first-order valence-corrected chi connectivity index (χ1v) is 6.55. The smallest absolute Gasteiger partial charge is 0.110 e. The lowest BCUT2D eigenvalue weighted by Crippen LogP contribution is -2.19. The van der Waals surface area contributed by atoms with Crippen LogP contribution in [-0.2, 0) is 4.74 Å². The van der Waals surface area contributed by atoms with Crippen molar-refractivity contribution in [2.45, 2.75) is 38.5 Å². The molecule has 17 heavy (non-hydrogen) atoms. The van der Waals surface area contributed by atoms with Gasteiger partial charge in [-0.05, 0) is 18.8 Å². The zero-order valence-corrected chi connectivity index (χ0v) is 10.8. The Balaban J connectivity index is 2.08. The molecule has 0 aliphatic carbocycles. The number of rotatable bonds is 4. The van der Waals surface area contributed by atoms with Gasteiger partial charge in [0.1, 0.15) is 5.82 Å². The number of hydrogen-bond donors (Lipinski definition) is 2. The summed E-state index contributed by atoms with van der Waals surface area (Å²) >= 11 is 0. The van der Waals surface area contributed by atoms with E-state index in [0.717, 1.165) is 31.9 Å². The molecule has 2 heterocycles. The van der Waals surface area contributed by atoms with Crippen LogP contribution in [0.25, 0.3) is 0 Å². The van der Waals surface area contributed by atoms with E-state index in [-0.39, 0.29) is 0 Å². The Labute approximate surface area is 103 Å². The highest BCUT2D eigenvalue weighted by Gasteiger charge is 2.21. The Hall–Kier alpha value is -0.870. The minimum Gasteiger partial charge on any atom is -0.381 e. The molecule has 1 aliphatic heterocycles. The third-order valence-corrected chi connectivity index (χ3v) is 3.69. The quantitative estimate of drug-likeness (QED) is 0.842. The van der Waals surface area contributed by atoms with Gasteiger partial charge in [0.2, 0.25) is 0 Å². The number of nitrogens with two attached hydrogens (primary N) is 1. The molecule has 96 valence electrons. The van der Waals surface area contributed by atoms with E-state index in [1.807, 2.05) is 6.20 Å². The maximum absolute atomic E-state index is 5.81. The van der Waals surface area contributed by atoms with Crippen molar-refractivity contribution in [3.63, 3.8) is 0 Å². The van der Waals surface area contributed by atoms with Gasteiger partial charge in [-0.25, -0.2) is 4.98 Å². The van der Waals surface area contributed by atoms with Gasteiger partial charge in [0.25, 0.3) is 0 Å². The second-order valence-electron chi connectivity index (χ2n) is 5.20. The third-order valence-electron chi connectivity index (χ3n) is 3.69. The summed E-state index contributed by atoms with van der Waals surface area (Å²) in [4.78, 5) is 7.98. The van der Waals surface area contributed by atoms with Crippen molar-refractivity contribution in [1.29, 1.82) is 0 Å². The predicted molar refractivity (Wildman–Crippen MR) is 68.0 cm³/mol. The molecule has 0 amide bonds. The number of aromatic nitrogens is 2. The second kappa shape index (κ2) is 5.65. The van der Waals surface area contributed by atoms with Crippen LogP contribution >= 0.6 is 0 Å². The molecule has 0 aromatic carbocycles. The molecule has 0 radical (unpaired) electrons. The van der Waals surface area contributed by atoms with Crippen molar-refractivity contribution in [2.75, 3.05) is 19.8 Å². The SMILES string of the molecule is CC(C)C(CN)c1ncc(C2CCOCC2)[nH]1. The Morgan fingerprint density at radius 3 is 2.76 bits per heavy atom. The van der Waals surface area contributed by atoms with Crippen LogP contribution < -0.4 is 5.73 Å². The number of imidazole rings is 1. The molecule has 1 aromatic rings.